The third kappa shape index (κ3) is 3.35. The molecular weight excluding hydrogens is 164 g/mol. The van der Waals surface area contributed by atoms with Crippen LogP contribution in [-0.2, 0) is 4.79 Å². The average molecular weight is 184 g/mol. The molecule has 1 saturated carbocycles. The number of carbonyl (C=O) groups is 1. The third-order valence-electron chi connectivity index (χ3n) is 2.86. The van der Waals surface area contributed by atoms with E-state index in [2.05, 4.69) is 12.2 Å². The van der Waals surface area contributed by atoms with Crippen LogP contribution >= 0.6 is 0 Å². The van der Waals surface area contributed by atoms with Gasteiger partial charge in [0.05, 0.1) is 6.54 Å². The van der Waals surface area contributed by atoms with Crippen molar-refractivity contribution in [2.75, 3.05) is 26.7 Å². The van der Waals surface area contributed by atoms with Gasteiger partial charge in [0.2, 0.25) is 5.91 Å². The normalized spacial score (nSPS) is 25.8. The molecule has 1 fully saturated rings. The van der Waals surface area contributed by atoms with Gasteiger partial charge in [0.1, 0.15) is 0 Å². The number of likely N-dealkylation sites (N-methyl/N-ethyl adjacent to an activating group) is 1. The van der Waals surface area contributed by atoms with Crippen LogP contribution in [0.1, 0.15) is 20.3 Å². The van der Waals surface area contributed by atoms with Gasteiger partial charge < -0.3 is 10.2 Å². The van der Waals surface area contributed by atoms with E-state index in [1.165, 1.54) is 6.42 Å². The topological polar surface area (TPSA) is 32.3 Å². The zero-order chi connectivity index (χ0) is 9.84. The molecule has 1 aliphatic carbocycles. The van der Waals surface area contributed by atoms with Gasteiger partial charge in [0.15, 0.2) is 0 Å². The zero-order valence-electron chi connectivity index (χ0n) is 8.84. The molecule has 0 aliphatic heterocycles. The van der Waals surface area contributed by atoms with E-state index in [-0.39, 0.29) is 5.91 Å². The molecule has 13 heavy (non-hydrogen) atoms. The lowest BCUT2D eigenvalue weighted by Gasteiger charge is -2.14. The van der Waals surface area contributed by atoms with Crippen LogP contribution in [0.2, 0.25) is 0 Å². The van der Waals surface area contributed by atoms with Crippen LogP contribution < -0.4 is 5.32 Å². The van der Waals surface area contributed by atoms with E-state index >= 15 is 0 Å². The van der Waals surface area contributed by atoms with E-state index in [0.29, 0.717) is 6.54 Å². The van der Waals surface area contributed by atoms with Gasteiger partial charge in [0.25, 0.3) is 0 Å². The number of nitrogens with one attached hydrogen (secondary N) is 1. The van der Waals surface area contributed by atoms with Crippen molar-refractivity contribution in [3.8, 4) is 0 Å². The lowest BCUT2D eigenvalue weighted by Crippen LogP contribution is -2.36. The maximum absolute atomic E-state index is 11.3. The molecule has 76 valence electrons. The average Bonchev–Trinajstić information content (AvgIpc) is 2.80. The first kappa shape index (κ1) is 10.5. The largest absolute Gasteiger partial charge is 0.345 e. The Kier molecular flexibility index (Phi) is 3.72. The van der Waals surface area contributed by atoms with Gasteiger partial charge in [-0.05, 0) is 31.7 Å². The smallest absolute Gasteiger partial charge is 0.236 e. The van der Waals surface area contributed by atoms with Gasteiger partial charge >= 0.3 is 0 Å². The van der Waals surface area contributed by atoms with Crippen molar-refractivity contribution in [2.45, 2.75) is 20.3 Å². The Labute approximate surface area is 80.5 Å². The molecule has 3 heteroatoms. The maximum atomic E-state index is 11.3. The van der Waals surface area contributed by atoms with E-state index in [1.807, 2.05) is 14.0 Å². The van der Waals surface area contributed by atoms with Crippen LogP contribution in [0.4, 0.5) is 0 Å². The Bertz CT molecular complexity index is 182. The molecule has 2 atom stereocenters. The number of hydrogen-bond acceptors (Lipinski definition) is 2. The molecule has 0 heterocycles. The lowest BCUT2D eigenvalue weighted by molar-refractivity contribution is -0.128. The van der Waals surface area contributed by atoms with Gasteiger partial charge in [-0.15, -0.1) is 0 Å². The quantitative estimate of drug-likeness (QED) is 0.682. The first-order chi connectivity index (χ1) is 6.15. The summed E-state index contributed by atoms with van der Waals surface area (Å²) in [4.78, 5) is 13.1. The van der Waals surface area contributed by atoms with Gasteiger partial charge in [0, 0.05) is 13.6 Å². The fraction of sp³-hybridized carbons (Fsp3) is 0.900. The van der Waals surface area contributed by atoms with E-state index in [4.69, 9.17) is 0 Å². The fourth-order valence-corrected chi connectivity index (χ4v) is 1.36. The summed E-state index contributed by atoms with van der Waals surface area (Å²) in [7, 11) is 1.84. The molecule has 0 aromatic carbocycles. The second-order valence-corrected chi connectivity index (χ2v) is 4.01. The Hall–Kier alpha value is -0.570. The molecule has 0 bridgehead atoms. The van der Waals surface area contributed by atoms with Gasteiger partial charge in [-0.1, -0.05) is 6.92 Å². The molecule has 2 unspecified atom stereocenters. The van der Waals surface area contributed by atoms with Crippen LogP contribution in [0, 0.1) is 11.8 Å². The molecule has 0 radical (unpaired) electrons. The summed E-state index contributed by atoms with van der Waals surface area (Å²) in [6.07, 6.45) is 1.32. The number of nitrogens with zero attached hydrogens (tertiary/aromatic N) is 1. The summed E-state index contributed by atoms with van der Waals surface area (Å²) in [5, 5.41) is 3.20. The van der Waals surface area contributed by atoms with Crippen molar-refractivity contribution >= 4 is 5.91 Å². The molecule has 1 rings (SSSR count). The highest BCUT2D eigenvalue weighted by atomic mass is 16.2. The SMILES string of the molecule is CCN(C)C(=O)CNCC1CC1C. The van der Waals surface area contributed by atoms with Gasteiger partial charge in [-0.25, -0.2) is 0 Å². The highest BCUT2D eigenvalue weighted by molar-refractivity contribution is 5.77. The number of rotatable bonds is 5. The van der Waals surface area contributed by atoms with Crippen molar-refractivity contribution in [3.63, 3.8) is 0 Å². The molecule has 0 saturated heterocycles. The standard InChI is InChI=1S/C10H20N2O/c1-4-12(3)10(13)7-11-6-9-5-8(9)2/h8-9,11H,4-7H2,1-3H3. The Morgan fingerprint density at radius 3 is 2.69 bits per heavy atom. The summed E-state index contributed by atoms with van der Waals surface area (Å²) < 4.78 is 0. The molecule has 1 aliphatic rings. The van der Waals surface area contributed by atoms with Gasteiger partial charge in [-0.2, -0.15) is 0 Å². The number of amides is 1. The second-order valence-electron chi connectivity index (χ2n) is 4.01. The van der Waals surface area contributed by atoms with E-state index in [9.17, 15) is 4.79 Å². The van der Waals surface area contributed by atoms with Crippen LogP contribution in [0.5, 0.6) is 0 Å². The third-order valence-corrected chi connectivity index (χ3v) is 2.86. The molecule has 0 aromatic rings. The summed E-state index contributed by atoms with van der Waals surface area (Å²) in [5.41, 5.74) is 0. The molecule has 0 spiro atoms. The van der Waals surface area contributed by atoms with E-state index < -0.39 is 0 Å². The fourth-order valence-electron chi connectivity index (χ4n) is 1.36. The highest BCUT2D eigenvalue weighted by Crippen LogP contribution is 2.36. The first-order valence-electron chi connectivity index (χ1n) is 5.09. The van der Waals surface area contributed by atoms with E-state index in [1.54, 1.807) is 4.90 Å². The van der Waals surface area contributed by atoms with Gasteiger partial charge in [-0.3, -0.25) is 4.79 Å². The number of carbonyl (C=O) groups excluding carboxylic acids is 1. The van der Waals surface area contributed by atoms with Crippen LogP contribution in [0.25, 0.3) is 0 Å². The second kappa shape index (κ2) is 4.61. The molecule has 3 nitrogen and oxygen atoms in total. The van der Waals surface area contributed by atoms with Crippen molar-refractivity contribution < 1.29 is 4.79 Å². The molecule has 1 amide bonds. The summed E-state index contributed by atoms with van der Waals surface area (Å²) in [6.45, 7) is 6.53. The van der Waals surface area contributed by atoms with Crippen LogP contribution in [0.15, 0.2) is 0 Å². The summed E-state index contributed by atoms with van der Waals surface area (Å²) in [5.74, 6) is 1.88. The lowest BCUT2D eigenvalue weighted by atomic mass is 10.3. The minimum absolute atomic E-state index is 0.191. The maximum Gasteiger partial charge on any atom is 0.236 e. The Morgan fingerprint density at radius 1 is 1.62 bits per heavy atom. The van der Waals surface area contributed by atoms with Crippen molar-refractivity contribution in [2.24, 2.45) is 11.8 Å². The Morgan fingerprint density at radius 2 is 2.23 bits per heavy atom. The van der Waals surface area contributed by atoms with E-state index in [0.717, 1.165) is 24.9 Å². The number of hydrogen-bond donors (Lipinski definition) is 1. The highest BCUT2D eigenvalue weighted by Gasteiger charge is 2.31. The first-order valence-corrected chi connectivity index (χ1v) is 5.09. The molecule has 1 N–H and O–H groups in total. The Balaban J connectivity index is 2.02. The van der Waals surface area contributed by atoms with Crippen molar-refractivity contribution in [1.82, 2.24) is 10.2 Å². The van der Waals surface area contributed by atoms with Crippen LogP contribution in [0.3, 0.4) is 0 Å². The van der Waals surface area contributed by atoms with Crippen LogP contribution in [-0.4, -0.2) is 37.5 Å². The predicted molar refractivity (Wildman–Crippen MR) is 53.5 cm³/mol. The van der Waals surface area contributed by atoms with Crippen molar-refractivity contribution in [3.05, 3.63) is 0 Å². The monoisotopic (exact) mass is 184 g/mol. The van der Waals surface area contributed by atoms with Crippen molar-refractivity contribution in [1.29, 1.82) is 0 Å². The molecular formula is C10H20N2O. The minimum Gasteiger partial charge on any atom is -0.345 e. The minimum atomic E-state index is 0.191. The zero-order valence-corrected chi connectivity index (χ0v) is 8.84. The summed E-state index contributed by atoms with van der Waals surface area (Å²) >= 11 is 0. The predicted octanol–water partition coefficient (Wildman–Crippen LogP) is 0.710. The summed E-state index contributed by atoms with van der Waals surface area (Å²) in [6, 6.07) is 0. The molecule has 0 aromatic heterocycles.